The van der Waals surface area contributed by atoms with Crippen molar-refractivity contribution in [3.05, 3.63) is 57.7 Å². The zero-order valence-electron chi connectivity index (χ0n) is 16.1. The Morgan fingerprint density at radius 2 is 1.86 bits per heavy atom. The monoisotopic (exact) mass is 431 g/mol. The first-order chi connectivity index (χ1) is 13.6. The van der Waals surface area contributed by atoms with Gasteiger partial charge >= 0.3 is 19.7 Å². The third-order valence-electron chi connectivity index (χ3n) is 4.78. The van der Waals surface area contributed by atoms with Gasteiger partial charge in [-0.2, -0.15) is 13.2 Å². The minimum absolute atomic E-state index is 0.0559. The van der Waals surface area contributed by atoms with Crippen LogP contribution in [0.4, 0.5) is 13.2 Å². The third-order valence-corrected chi connectivity index (χ3v) is 7.01. The van der Waals surface area contributed by atoms with Crippen molar-refractivity contribution in [2.45, 2.75) is 32.4 Å². The normalized spacial score (nSPS) is 22.3. The first kappa shape index (κ1) is 21.6. The number of alkyl halides is 3. The molecule has 1 saturated heterocycles. The molecular formula is C19H21F3NO5P. The Kier molecular flexibility index (Phi) is 5.94. The maximum Gasteiger partial charge on any atom is 0.416 e. The van der Waals surface area contributed by atoms with E-state index in [2.05, 4.69) is 5.32 Å². The number of hydrogen-bond acceptors (Lipinski definition) is 6. The van der Waals surface area contributed by atoms with Crippen LogP contribution in [0.1, 0.15) is 37.3 Å². The Balaban J connectivity index is 2.23. The van der Waals surface area contributed by atoms with Gasteiger partial charge in [0.15, 0.2) is 0 Å². The fourth-order valence-electron chi connectivity index (χ4n) is 3.55. The molecule has 6 nitrogen and oxygen atoms in total. The Hall–Kier alpha value is -2.09. The van der Waals surface area contributed by atoms with Gasteiger partial charge in [0.25, 0.3) is 0 Å². The van der Waals surface area contributed by atoms with Crippen molar-refractivity contribution >= 4 is 13.6 Å². The summed E-state index contributed by atoms with van der Waals surface area (Å²) in [5.41, 5.74) is 0.118. The number of nitrogens with one attached hydrogen (secondary N) is 1. The van der Waals surface area contributed by atoms with Crippen molar-refractivity contribution in [2.75, 3.05) is 20.3 Å². The molecule has 1 atom stereocenters. The summed E-state index contributed by atoms with van der Waals surface area (Å²) in [6.07, 6.45) is -4.04. The summed E-state index contributed by atoms with van der Waals surface area (Å²) in [7, 11) is -2.67. The second-order valence-corrected chi connectivity index (χ2v) is 8.73. The fourth-order valence-corrected chi connectivity index (χ4v) is 5.70. The van der Waals surface area contributed by atoms with E-state index in [-0.39, 0.29) is 29.7 Å². The molecule has 2 aliphatic heterocycles. The van der Waals surface area contributed by atoms with Gasteiger partial charge in [-0.15, -0.1) is 0 Å². The van der Waals surface area contributed by atoms with E-state index in [1.54, 1.807) is 13.8 Å². The van der Waals surface area contributed by atoms with Crippen LogP contribution < -0.4 is 5.32 Å². The van der Waals surface area contributed by atoms with Crippen LogP contribution >= 0.6 is 7.60 Å². The van der Waals surface area contributed by atoms with Crippen molar-refractivity contribution in [1.29, 1.82) is 0 Å². The largest absolute Gasteiger partial charge is 0.466 e. The maximum atomic E-state index is 13.5. The summed E-state index contributed by atoms with van der Waals surface area (Å²) in [6.45, 7) is 3.58. The molecule has 2 aliphatic rings. The molecule has 0 spiro atoms. The summed E-state index contributed by atoms with van der Waals surface area (Å²) in [4.78, 5) is 12.5. The van der Waals surface area contributed by atoms with Gasteiger partial charge in [-0.25, -0.2) is 4.79 Å². The fraction of sp³-hybridized carbons (Fsp3) is 0.421. The molecule has 1 N–H and O–H groups in total. The molecule has 29 heavy (non-hydrogen) atoms. The van der Waals surface area contributed by atoms with Gasteiger partial charge in [0.1, 0.15) is 0 Å². The molecule has 3 rings (SSSR count). The number of ether oxygens (including phenoxy) is 1. The van der Waals surface area contributed by atoms with Crippen LogP contribution in [0.3, 0.4) is 0 Å². The number of methoxy groups -OCH3 is 1. The molecule has 0 radical (unpaired) electrons. The summed E-state index contributed by atoms with van der Waals surface area (Å²) >= 11 is 0. The van der Waals surface area contributed by atoms with E-state index in [0.29, 0.717) is 17.8 Å². The van der Waals surface area contributed by atoms with Crippen molar-refractivity contribution < 1.29 is 36.3 Å². The Bertz CT molecular complexity index is 928. The van der Waals surface area contributed by atoms with E-state index >= 15 is 0 Å². The van der Waals surface area contributed by atoms with Crippen molar-refractivity contribution in [3.63, 3.8) is 0 Å². The Morgan fingerprint density at radius 3 is 2.45 bits per heavy atom. The molecular weight excluding hydrogens is 410 g/mol. The molecule has 0 bridgehead atoms. The van der Waals surface area contributed by atoms with Crippen LogP contribution in [-0.4, -0.2) is 26.3 Å². The lowest BCUT2D eigenvalue weighted by Gasteiger charge is -2.35. The zero-order chi connectivity index (χ0) is 21.4. The molecule has 1 fully saturated rings. The minimum Gasteiger partial charge on any atom is -0.466 e. The van der Waals surface area contributed by atoms with Crippen molar-refractivity contribution in [1.82, 2.24) is 5.32 Å². The van der Waals surface area contributed by atoms with E-state index in [9.17, 15) is 22.5 Å². The van der Waals surface area contributed by atoms with E-state index < -0.39 is 31.2 Å². The summed E-state index contributed by atoms with van der Waals surface area (Å²) in [5.74, 6) is -1.82. The van der Waals surface area contributed by atoms with Gasteiger partial charge in [-0.3, -0.25) is 4.57 Å². The summed E-state index contributed by atoms with van der Waals surface area (Å²) in [6, 6.07) is 4.57. The number of dihydropyridines is 1. The molecule has 0 aromatic heterocycles. The smallest absolute Gasteiger partial charge is 0.416 e. The SMILES string of the molecule is COC(=O)C1=C(C)NC(C)=C(P2(=O)OCCCO2)C1c1cccc(C(F)(F)F)c1. The molecule has 10 heteroatoms. The van der Waals surface area contributed by atoms with E-state index in [4.69, 9.17) is 13.8 Å². The molecule has 2 heterocycles. The first-order valence-corrected chi connectivity index (χ1v) is 10.5. The third kappa shape index (κ3) is 4.13. The van der Waals surface area contributed by atoms with Gasteiger partial charge in [0.05, 0.1) is 42.7 Å². The van der Waals surface area contributed by atoms with Crippen LogP contribution in [0.2, 0.25) is 0 Å². The van der Waals surface area contributed by atoms with E-state index in [1.165, 1.54) is 19.2 Å². The molecule has 1 aromatic carbocycles. The lowest BCUT2D eigenvalue weighted by atomic mass is 9.85. The Labute approximate surface area is 166 Å². The van der Waals surface area contributed by atoms with Crippen LogP contribution in [0.5, 0.6) is 0 Å². The predicted octanol–water partition coefficient (Wildman–Crippen LogP) is 4.70. The van der Waals surface area contributed by atoms with Gasteiger partial charge in [0, 0.05) is 11.4 Å². The number of carbonyl (C=O) groups excluding carboxylic acids is 1. The highest BCUT2D eigenvalue weighted by Gasteiger charge is 2.46. The minimum atomic E-state index is -4.58. The van der Waals surface area contributed by atoms with Crippen molar-refractivity contribution in [2.24, 2.45) is 0 Å². The average Bonchev–Trinajstić information content (AvgIpc) is 2.66. The number of benzene rings is 1. The molecule has 0 amide bonds. The van der Waals surface area contributed by atoms with Gasteiger partial charge < -0.3 is 19.1 Å². The molecule has 158 valence electrons. The Morgan fingerprint density at radius 1 is 1.21 bits per heavy atom. The number of carbonyl (C=O) groups is 1. The highest BCUT2D eigenvalue weighted by atomic mass is 31.2. The topological polar surface area (TPSA) is 73.9 Å². The molecule has 1 aromatic rings. The number of allylic oxidation sites excluding steroid dienone is 3. The summed E-state index contributed by atoms with van der Waals surface area (Å²) in [5, 5.41) is 3.08. The standard InChI is InChI=1S/C19H21F3NO5P/c1-11-15(18(24)26-3)16(13-6-4-7-14(10-13)19(20,21)22)17(12(2)23-11)29(25)27-8-5-9-28-29/h4,6-7,10,16,23H,5,8-9H2,1-3H3. The number of halogens is 3. The number of hydrogen-bond donors (Lipinski definition) is 1. The van der Waals surface area contributed by atoms with Gasteiger partial charge in [-0.05, 0) is 31.9 Å². The second kappa shape index (κ2) is 7.97. The van der Waals surface area contributed by atoms with Crippen LogP contribution in [-0.2, 0) is 29.3 Å². The van der Waals surface area contributed by atoms with E-state index in [1.807, 2.05) is 0 Å². The molecule has 0 saturated carbocycles. The van der Waals surface area contributed by atoms with E-state index in [0.717, 1.165) is 12.1 Å². The molecule has 1 unspecified atom stereocenters. The molecule has 0 aliphatic carbocycles. The van der Waals surface area contributed by atoms with Crippen LogP contribution in [0.15, 0.2) is 46.5 Å². The highest BCUT2D eigenvalue weighted by Crippen LogP contribution is 2.65. The lowest BCUT2D eigenvalue weighted by Crippen LogP contribution is -2.30. The highest BCUT2D eigenvalue weighted by molar-refractivity contribution is 7.58. The van der Waals surface area contributed by atoms with Crippen LogP contribution in [0, 0.1) is 0 Å². The number of rotatable bonds is 3. The maximum absolute atomic E-state index is 13.5. The number of esters is 1. The van der Waals surface area contributed by atoms with Gasteiger partial charge in [0.2, 0.25) is 0 Å². The first-order valence-electron chi connectivity index (χ1n) is 8.92. The second-order valence-electron chi connectivity index (χ2n) is 6.74. The average molecular weight is 431 g/mol. The van der Waals surface area contributed by atoms with Gasteiger partial charge in [-0.1, -0.05) is 18.2 Å². The quantitative estimate of drug-likeness (QED) is 0.553. The van der Waals surface area contributed by atoms with Crippen molar-refractivity contribution in [3.8, 4) is 0 Å². The zero-order valence-corrected chi connectivity index (χ0v) is 17.0. The summed E-state index contributed by atoms with van der Waals surface area (Å²) < 4.78 is 69.2. The van der Waals surface area contributed by atoms with Crippen LogP contribution in [0.25, 0.3) is 0 Å². The predicted molar refractivity (Wildman–Crippen MR) is 98.9 cm³/mol. The lowest BCUT2D eigenvalue weighted by molar-refractivity contribution is -0.137.